The first-order valence-corrected chi connectivity index (χ1v) is 14.3. The van der Waals surface area contributed by atoms with Crippen LogP contribution in [0.5, 0.6) is 0 Å². The lowest BCUT2D eigenvalue weighted by molar-refractivity contribution is -0.222. The first kappa shape index (κ1) is 33.3. The zero-order chi connectivity index (χ0) is 30.7. The highest BCUT2D eigenvalue weighted by molar-refractivity contribution is 7.92. The van der Waals surface area contributed by atoms with E-state index in [4.69, 9.17) is 5.11 Å². The third-order valence-electron chi connectivity index (χ3n) is 5.84. The Balaban J connectivity index is 1.92. The molecule has 0 aromatic heterocycles. The Morgan fingerprint density at radius 3 is 2.00 bits per heavy atom. The highest BCUT2D eigenvalue weighted by Crippen LogP contribution is 2.34. The molecule has 0 aliphatic rings. The van der Waals surface area contributed by atoms with Gasteiger partial charge in [0.2, 0.25) is 5.91 Å². The summed E-state index contributed by atoms with van der Waals surface area (Å²) in [5, 5.41) is 10.9. The van der Waals surface area contributed by atoms with Gasteiger partial charge < -0.3 is 10.4 Å². The molecule has 0 aliphatic carbocycles. The lowest BCUT2D eigenvalue weighted by Crippen LogP contribution is -2.57. The number of carboxylic acid groups (broad SMARTS) is 1. The number of sulfonamides is 1. The van der Waals surface area contributed by atoms with Crippen molar-refractivity contribution in [2.45, 2.75) is 75.0 Å². The standard InChI is InChI=1S/C26H32F4N4O6S/c1-2-3-4-5-6-7-8-12-22(35)31-20-10-9-11-21(17-20)41(39,40)34-19-15-13-18(14-16-19)32-33-23(36)25(27,28)26(29,30)24(37)38/h9-11,13-17,32,34H,2-8,12H2,1H3,(H,31,35)(H,33,36)(H,37,38). The fourth-order valence-electron chi connectivity index (χ4n) is 3.53. The maximum atomic E-state index is 13.5. The van der Waals surface area contributed by atoms with Crippen LogP contribution in [0, 0.1) is 0 Å². The van der Waals surface area contributed by atoms with E-state index in [1.807, 2.05) is 5.43 Å². The number of hydrazine groups is 1. The maximum Gasteiger partial charge on any atom is 0.413 e. The van der Waals surface area contributed by atoms with Crippen molar-refractivity contribution in [1.29, 1.82) is 0 Å². The zero-order valence-corrected chi connectivity index (χ0v) is 23.0. The van der Waals surface area contributed by atoms with Crippen LogP contribution in [0.2, 0.25) is 0 Å². The molecular weight excluding hydrogens is 572 g/mol. The van der Waals surface area contributed by atoms with Crippen molar-refractivity contribution in [3.8, 4) is 0 Å². The van der Waals surface area contributed by atoms with Gasteiger partial charge in [-0.05, 0) is 48.9 Å². The quantitative estimate of drug-likeness (QED) is 0.0925. The minimum absolute atomic E-state index is 0.0259. The number of halogens is 4. The smallest absolute Gasteiger partial charge is 0.413 e. The molecule has 2 aromatic carbocycles. The molecule has 0 saturated carbocycles. The maximum absolute atomic E-state index is 13.5. The Morgan fingerprint density at radius 2 is 1.39 bits per heavy atom. The van der Waals surface area contributed by atoms with E-state index in [2.05, 4.69) is 17.0 Å². The van der Waals surface area contributed by atoms with Crippen molar-refractivity contribution in [3.05, 3.63) is 48.5 Å². The predicted octanol–water partition coefficient (Wildman–Crippen LogP) is 5.36. The Bertz CT molecular complexity index is 1310. The fourth-order valence-corrected chi connectivity index (χ4v) is 4.63. The third-order valence-corrected chi connectivity index (χ3v) is 7.22. The molecule has 0 aliphatic heterocycles. The van der Waals surface area contributed by atoms with E-state index in [0.29, 0.717) is 12.1 Å². The SMILES string of the molecule is CCCCCCCCCC(=O)Nc1cccc(S(=O)(=O)Nc2ccc(NNC(=O)C(F)(F)C(F)(F)C(=O)O)cc2)c1. The summed E-state index contributed by atoms with van der Waals surface area (Å²) in [6.45, 7) is 2.14. The van der Waals surface area contributed by atoms with Gasteiger partial charge in [0.15, 0.2) is 0 Å². The number of carboxylic acids is 1. The Labute approximate surface area is 234 Å². The average molecular weight is 605 g/mol. The summed E-state index contributed by atoms with van der Waals surface area (Å²) in [5.41, 5.74) is 3.41. The van der Waals surface area contributed by atoms with E-state index in [1.54, 1.807) is 6.07 Å². The number of rotatable bonds is 17. The van der Waals surface area contributed by atoms with E-state index in [-0.39, 0.29) is 22.2 Å². The van der Waals surface area contributed by atoms with Crippen molar-refractivity contribution < 1.29 is 45.5 Å². The molecule has 10 nitrogen and oxygen atoms in total. The number of hydrogen-bond acceptors (Lipinski definition) is 6. The molecule has 15 heteroatoms. The second-order valence-electron chi connectivity index (χ2n) is 9.16. The Morgan fingerprint density at radius 1 is 0.805 bits per heavy atom. The lowest BCUT2D eigenvalue weighted by atomic mass is 10.1. The molecule has 2 rings (SSSR count). The van der Waals surface area contributed by atoms with Crippen molar-refractivity contribution in [2.75, 3.05) is 15.5 Å². The first-order valence-electron chi connectivity index (χ1n) is 12.8. The monoisotopic (exact) mass is 604 g/mol. The number of carbonyl (C=O) groups is 3. The van der Waals surface area contributed by atoms with Gasteiger partial charge in [-0.25, -0.2) is 13.2 Å². The van der Waals surface area contributed by atoms with Gasteiger partial charge in [0.05, 0.1) is 10.6 Å². The van der Waals surface area contributed by atoms with E-state index in [0.717, 1.165) is 44.2 Å². The number of alkyl halides is 4. The molecule has 41 heavy (non-hydrogen) atoms. The zero-order valence-electron chi connectivity index (χ0n) is 22.2. The van der Waals surface area contributed by atoms with E-state index < -0.39 is 33.7 Å². The van der Waals surface area contributed by atoms with Crippen LogP contribution in [-0.4, -0.2) is 43.2 Å². The molecule has 0 saturated heterocycles. The summed E-state index contributed by atoms with van der Waals surface area (Å²) in [6.07, 6.45) is 7.70. The molecule has 0 bridgehead atoms. The highest BCUT2D eigenvalue weighted by Gasteiger charge is 2.67. The molecule has 2 aromatic rings. The third kappa shape index (κ3) is 9.62. The van der Waals surface area contributed by atoms with Crippen LogP contribution in [0.3, 0.4) is 0 Å². The summed E-state index contributed by atoms with van der Waals surface area (Å²) in [7, 11) is -4.12. The van der Waals surface area contributed by atoms with Gasteiger partial charge >= 0.3 is 23.7 Å². The lowest BCUT2D eigenvalue weighted by Gasteiger charge is -2.22. The molecule has 0 heterocycles. The molecule has 0 unspecified atom stereocenters. The van der Waals surface area contributed by atoms with Gasteiger partial charge in [-0.2, -0.15) is 17.6 Å². The van der Waals surface area contributed by atoms with Gasteiger partial charge in [0.1, 0.15) is 0 Å². The minimum Gasteiger partial charge on any atom is -0.477 e. The van der Waals surface area contributed by atoms with E-state index in [1.165, 1.54) is 48.6 Å². The van der Waals surface area contributed by atoms with E-state index >= 15 is 0 Å². The molecule has 0 atom stereocenters. The number of anilines is 3. The Hall–Kier alpha value is -3.88. The molecule has 226 valence electrons. The van der Waals surface area contributed by atoms with Crippen LogP contribution in [0.4, 0.5) is 34.6 Å². The Kier molecular flexibility index (Phi) is 11.9. The molecule has 5 N–H and O–H groups in total. The van der Waals surface area contributed by atoms with Gasteiger partial charge in [0, 0.05) is 17.8 Å². The van der Waals surface area contributed by atoms with Crippen molar-refractivity contribution >= 4 is 44.9 Å². The number of unbranched alkanes of at least 4 members (excludes halogenated alkanes) is 6. The first-order chi connectivity index (χ1) is 19.2. The number of nitrogens with one attached hydrogen (secondary N) is 4. The van der Waals surface area contributed by atoms with E-state index in [9.17, 15) is 40.4 Å². The fraction of sp³-hybridized carbons (Fsp3) is 0.423. The van der Waals surface area contributed by atoms with Crippen molar-refractivity contribution in [1.82, 2.24) is 5.43 Å². The topological polar surface area (TPSA) is 154 Å². The molecule has 0 radical (unpaired) electrons. The van der Waals surface area contributed by atoms with Gasteiger partial charge in [-0.3, -0.25) is 25.2 Å². The number of aliphatic carboxylic acids is 1. The number of benzene rings is 2. The molecular formula is C26H32F4N4O6S. The van der Waals surface area contributed by atoms with Crippen LogP contribution >= 0.6 is 0 Å². The summed E-state index contributed by atoms with van der Waals surface area (Å²) in [6, 6.07) is 10.2. The molecule has 0 fully saturated rings. The van der Waals surface area contributed by atoms with Crippen molar-refractivity contribution in [2.24, 2.45) is 0 Å². The number of hydrogen-bond donors (Lipinski definition) is 5. The van der Waals surface area contributed by atoms with Crippen LogP contribution in [0.1, 0.15) is 58.3 Å². The van der Waals surface area contributed by atoms with Crippen LogP contribution < -0.4 is 20.9 Å². The summed E-state index contributed by atoms with van der Waals surface area (Å²) in [4.78, 5) is 33.9. The highest BCUT2D eigenvalue weighted by atomic mass is 32.2. The normalized spacial score (nSPS) is 11.9. The number of amides is 2. The summed E-state index contributed by atoms with van der Waals surface area (Å²) in [5.74, 6) is -17.2. The van der Waals surface area contributed by atoms with Gasteiger partial charge in [0.25, 0.3) is 10.0 Å². The van der Waals surface area contributed by atoms with Gasteiger partial charge in [-0.1, -0.05) is 51.5 Å². The van der Waals surface area contributed by atoms with Crippen LogP contribution in [0.25, 0.3) is 0 Å². The summed E-state index contributed by atoms with van der Waals surface area (Å²) >= 11 is 0. The largest absolute Gasteiger partial charge is 0.477 e. The average Bonchev–Trinajstić information content (AvgIpc) is 2.91. The minimum atomic E-state index is -5.64. The van der Waals surface area contributed by atoms with Crippen molar-refractivity contribution in [3.63, 3.8) is 0 Å². The van der Waals surface area contributed by atoms with Crippen LogP contribution in [0.15, 0.2) is 53.4 Å². The molecule has 0 spiro atoms. The second kappa shape index (κ2) is 14.7. The van der Waals surface area contributed by atoms with Crippen LogP contribution in [-0.2, 0) is 24.4 Å². The number of carbonyl (C=O) groups excluding carboxylic acids is 2. The molecule has 2 amide bonds. The predicted molar refractivity (Wildman–Crippen MR) is 144 cm³/mol. The second-order valence-corrected chi connectivity index (χ2v) is 10.8. The summed E-state index contributed by atoms with van der Waals surface area (Å²) < 4.78 is 81.2. The van der Waals surface area contributed by atoms with Gasteiger partial charge in [-0.15, -0.1) is 0 Å².